The topological polar surface area (TPSA) is 125 Å². The molecule has 0 aliphatic rings. The van der Waals surface area contributed by atoms with Crippen molar-refractivity contribution in [2.45, 2.75) is 102 Å². The van der Waals surface area contributed by atoms with E-state index in [0.717, 1.165) is 6.42 Å². The molecule has 0 unspecified atom stereocenters. The van der Waals surface area contributed by atoms with Crippen LogP contribution in [0.25, 0.3) is 0 Å². The predicted octanol–water partition coefficient (Wildman–Crippen LogP) is 5.43. The molecule has 0 saturated carbocycles. The van der Waals surface area contributed by atoms with Gasteiger partial charge in [0.2, 0.25) is 0 Å². The molecule has 8 heteroatoms. The van der Waals surface area contributed by atoms with Gasteiger partial charge in [0.1, 0.15) is 0 Å². The van der Waals surface area contributed by atoms with Crippen molar-refractivity contribution in [1.82, 2.24) is 0 Å². The molecule has 178 valence electrons. The normalized spacial score (nSPS) is 9.97. The van der Waals surface area contributed by atoms with E-state index in [4.69, 9.17) is 14.8 Å². The van der Waals surface area contributed by atoms with Gasteiger partial charge in [-0.05, 0) is 32.4 Å². The number of aliphatic hydroxyl groups excluding tert-OH is 2. The number of unbranched alkanes of at least 4 members (excludes halogenated alkanes) is 10. The maximum absolute atomic E-state index is 10.4. The van der Waals surface area contributed by atoms with Crippen molar-refractivity contribution in [2.75, 3.05) is 6.61 Å². The van der Waals surface area contributed by atoms with Crippen LogP contribution < -0.4 is 0 Å². The molecule has 0 heterocycles. The zero-order chi connectivity index (χ0) is 21.7. The van der Waals surface area contributed by atoms with E-state index in [-0.39, 0.29) is 38.2 Å². The minimum atomic E-state index is -4.00. The fourth-order valence-electron chi connectivity index (χ4n) is 2.37. The van der Waals surface area contributed by atoms with Crippen molar-refractivity contribution in [3.05, 3.63) is 30.3 Å². The largest absolute Gasteiger partial charge is 0.870 e. The monoisotopic (exact) mass is 483 g/mol. The smallest absolute Gasteiger partial charge is 0.294 e. The first-order chi connectivity index (χ1) is 13.3. The van der Waals surface area contributed by atoms with Gasteiger partial charge in [-0.2, -0.15) is 8.42 Å². The Kier molecular flexibility index (Phi) is 33.1. The van der Waals surface area contributed by atoms with Crippen LogP contribution in [-0.4, -0.2) is 41.4 Å². The summed E-state index contributed by atoms with van der Waals surface area (Å²) in [5, 5.41) is 16.6. The Bertz CT molecular complexity index is 509. The van der Waals surface area contributed by atoms with Crippen LogP contribution in [0.1, 0.15) is 91.4 Å². The summed E-state index contributed by atoms with van der Waals surface area (Å²) in [7, 11) is -4.00. The molecule has 4 N–H and O–H groups in total. The Morgan fingerprint density at radius 1 is 0.800 bits per heavy atom. The maximum atomic E-state index is 10.4. The van der Waals surface area contributed by atoms with Gasteiger partial charge in [0.25, 0.3) is 10.1 Å². The summed E-state index contributed by atoms with van der Waals surface area (Å²) < 4.78 is 29.2. The van der Waals surface area contributed by atoms with Gasteiger partial charge in [-0.1, -0.05) is 89.3 Å². The SMILES string of the molecule is CC(C)O.CCCCCCCCCCCCCO.O=S(=O)(O)c1ccccc1.[OH-].[Ti]. The minimum Gasteiger partial charge on any atom is -0.870 e. The summed E-state index contributed by atoms with van der Waals surface area (Å²) >= 11 is 0. The van der Waals surface area contributed by atoms with E-state index in [1.54, 1.807) is 32.0 Å². The number of rotatable bonds is 12. The molecule has 6 nitrogen and oxygen atoms in total. The van der Waals surface area contributed by atoms with Gasteiger partial charge < -0.3 is 15.7 Å². The van der Waals surface area contributed by atoms with Crippen LogP contribution in [0.2, 0.25) is 0 Å². The van der Waals surface area contributed by atoms with Gasteiger partial charge in [-0.15, -0.1) is 0 Å². The molecule has 1 aromatic rings. The van der Waals surface area contributed by atoms with Crippen LogP contribution in [0.15, 0.2) is 35.2 Å². The van der Waals surface area contributed by atoms with Crippen molar-refractivity contribution in [3.63, 3.8) is 0 Å². The van der Waals surface area contributed by atoms with Crippen molar-refractivity contribution < 1.29 is 50.4 Å². The van der Waals surface area contributed by atoms with Gasteiger partial charge >= 0.3 is 0 Å². The summed E-state index contributed by atoms with van der Waals surface area (Å²) in [6, 6.07) is 7.42. The van der Waals surface area contributed by atoms with E-state index in [0.29, 0.717) is 6.61 Å². The van der Waals surface area contributed by atoms with Gasteiger partial charge in [-0.25, -0.2) is 0 Å². The van der Waals surface area contributed by atoms with Crippen LogP contribution in [0.5, 0.6) is 0 Å². The van der Waals surface area contributed by atoms with Crippen molar-refractivity contribution in [2.24, 2.45) is 0 Å². The Balaban J connectivity index is -0.000000186. The molecule has 0 fully saturated rings. The average molecular weight is 484 g/mol. The van der Waals surface area contributed by atoms with E-state index < -0.39 is 10.1 Å². The fourth-order valence-corrected chi connectivity index (χ4v) is 2.87. The van der Waals surface area contributed by atoms with Gasteiger partial charge in [0.15, 0.2) is 0 Å². The van der Waals surface area contributed by atoms with Crippen LogP contribution in [0, 0.1) is 0 Å². The van der Waals surface area contributed by atoms with Crippen molar-refractivity contribution in [1.29, 1.82) is 0 Å². The molecule has 0 aromatic heterocycles. The number of aliphatic hydroxyl groups is 2. The molecule has 0 saturated heterocycles. The van der Waals surface area contributed by atoms with Crippen molar-refractivity contribution in [3.8, 4) is 0 Å². The molecule has 1 rings (SSSR count). The fraction of sp³-hybridized carbons (Fsp3) is 0.727. The number of hydrogen-bond acceptors (Lipinski definition) is 5. The van der Waals surface area contributed by atoms with Crippen LogP contribution >= 0.6 is 0 Å². The second kappa shape index (κ2) is 26.8. The average Bonchev–Trinajstić information content (AvgIpc) is 2.63. The summed E-state index contributed by atoms with van der Waals surface area (Å²) in [6.07, 6.45) is 14.6. The first-order valence-electron chi connectivity index (χ1n) is 10.6. The van der Waals surface area contributed by atoms with E-state index in [1.165, 1.54) is 76.3 Å². The molecule has 0 atom stereocenters. The number of benzene rings is 1. The first-order valence-corrected chi connectivity index (χ1v) is 12.0. The zero-order valence-electron chi connectivity index (χ0n) is 19.0. The quantitative estimate of drug-likeness (QED) is 0.207. The second-order valence-corrected chi connectivity index (χ2v) is 8.56. The molecule has 0 aliphatic carbocycles. The summed E-state index contributed by atoms with van der Waals surface area (Å²) in [4.78, 5) is -0.0741. The van der Waals surface area contributed by atoms with Crippen molar-refractivity contribution >= 4 is 10.1 Å². The van der Waals surface area contributed by atoms with Crippen LogP contribution in [-0.2, 0) is 31.8 Å². The first kappa shape index (κ1) is 37.1. The van der Waals surface area contributed by atoms with Crippen LogP contribution in [0.4, 0.5) is 0 Å². The Morgan fingerprint density at radius 3 is 1.40 bits per heavy atom. The van der Waals surface area contributed by atoms with Gasteiger partial charge in [0.05, 0.1) is 4.90 Å². The standard InChI is InChI=1S/C13H28O.C6H6O3S.C3H8O.H2O.Ti/c1-2-3-4-5-6-7-8-9-10-11-12-13-14;7-10(8,9)6-4-2-1-3-5-6;1-3(2)4;;/h14H,2-13H2,1H3;1-5H,(H,7,8,9);3-4H,1-2H3;1H2;/p-1. The second-order valence-electron chi connectivity index (χ2n) is 7.14. The molecule has 0 bridgehead atoms. The number of hydrogen-bond donors (Lipinski definition) is 3. The molecule has 0 spiro atoms. The van der Waals surface area contributed by atoms with E-state index in [9.17, 15) is 8.42 Å². The predicted molar refractivity (Wildman–Crippen MR) is 119 cm³/mol. The summed E-state index contributed by atoms with van der Waals surface area (Å²) in [5.41, 5.74) is 0. The third-order valence-electron chi connectivity index (χ3n) is 3.80. The van der Waals surface area contributed by atoms with Gasteiger partial charge in [-0.3, -0.25) is 4.55 Å². The third kappa shape index (κ3) is 32.4. The summed E-state index contributed by atoms with van der Waals surface area (Å²) in [6.45, 7) is 6.08. The summed E-state index contributed by atoms with van der Waals surface area (Å²) in [5.74, 6) is 0. The molecule has 0 aliphatic heterocycles. The van der Waals surface area contributed by atoms with Gasteiger partial charge in [0, 0.05) is 34.4 Å². The molecular formula is C22H43O6STi-. The molecule has 30 heavy (non-hydrogen) atoms. The maximum Gasteiger partial charge on any atom is 0.294 e. The molecule has 0 radical (unpaired) electrons. The van der Waals surface area contributed by atoms with E-state index in [1.807, 2.05) is 0 Å². The molecule has 1 aromatic carbocycles. The van der Waals surface area contributed by atoms with E-state index >= 15 is 0 Å². The minimum absolute atomic E-state index is 0. The molecule has 0 amide bonds. The molecular weight excluding hydrogens is 440 g/mol. The third-order valence-corrected chi connectivity index (χ3v) is 4.67. The Morgan fingerprint density at radius 2 is 1.13 bits per heavy atom. The Hall–Kier alpha value is -0.276. The van der Waals surface area contributed by atoms with Crippen LogP contribution in [0.3, 0.4) is 0 Å². The van der Waals surface area contributed by atoms with E-state index in [2.05, 4.69) is 6.92 Å². The Labute approximate surface area is 199 Å². The zero-order valence-corrected chi connectivity index (χ0v) is 21.3.